The van der Waals surface area contributed by atoms with E-state index in [0.717, 1.165) is 44.5 Å². The van der Waals surface area contributed by atoms with E-state index < -0.39 is 0 Å². The average Bonchev–Trinajstić information content (AvgIpc) is 3.36. The maximum atomic E-state index is 8.15. The third-order valence-electron chi connectivity index (χ3n) is 8.01. The fraction of sp³-hybridized carbons (Fsp3) is 0.0526. The first-order valence-electron chi connectivity index (χ1n) is 13.8. The van der Waals surface area contributed by atoms with Crippen LogP contribution in [0.2, 0.25) is 0 Å². The van der Waals surface area contributed by atoms with Crippen molar-refractivity contribution >= 4 is 27.5 Å². The molecular weight excluding hydrogens is 498 g/mol. The summed E-state index contributed by atoms with van der Waals surface area (Å²) in [5.74, 6) is 0. The highest BCUT2D eigenvalue weighted by Crippen LogP contribution is 2.46. The van der Waals surface area contributed by atoms with Crippen molar-refractivity contribution in [1.29, 1.82) is 0 Å². The Morgan fingerprint density at radius 3 is 1.85 bits per heavy atom. The van der Waals surface area contributed by atoms with E-state index in [2.05, 4.69) is 149 Å². The van der Waals surface area contributed by atoms with Crippen LogP contribution in [-0.2, 0) is 7.05 Å². The van der Waals surface area contributed by atoms with Crippen molar-refractivity contribution < 1.29 is 4.57 Å². The fourth-order valence-electron chi connectivity index (χ4n) is 6.06. The van der Waals surface area contributed by atoms with Gasteiger partial charge >= 0.3 is 0 Å². The molecule has 0 aliphatic carbocycles. The lowest BCUT2D eigenvalue weighted by molar-refractivity contribution is -0.660. The molecule has 0 saturated carbocycles. The Morgan fingerprint density at radius 2 is 1.17 bits per heavy atom. The Hall–Kier alpha value is -5.46. The minimum Gasteiger partial charge on any atom is -0.309 e. The Bertz CT molecular complexity index is 2100. The predicted molar refractivity (Wildman–Crippen MR) is 169 cm³/mol. The molecule has 194 valence electrons. The lowest BCUT2D eigenvalue weighted by Crippen LogP contribution is -2.30. The van der Waals surface area contributed by atoms with Gasteiger partial charge < -0.3 is 4.57 Å². The van der Waals surface area contributed by atoms with Gasteiger partial charge in [-0.2, -0.15) is 0 Å². The van der Waals surface area contributed by atoms with Crippen LogP contribution in [-0.4, -0.2) is 4.57 Å². The second kappa shape index (κ2) is 9.93. The third-order valence-corrected chi connectivity index (χ3v) is 8.01. The normalized spacial score (nSPS) is 11.1. The first-order valence-corrected chi connectivity index (χ1v) is 13.8. The van der Waals surface area contributed by atoms with E-state index in [4.69, 9.17) is 6.57 Å². The van der Waals surface area contributed by atoms with Gasteiger partial charge in [0.15, 0.2) is 11.9 Å². The first-order chi connectivity index (χ1) is 20.2. The van der Waals surface area contributed by atoms with Crippen molar-refractivity contribution in [1.82, 2.24) is 4.57 Å². The zero-order valence-corrected chi connectivity index (χ0v) is 23.0. The lowest BCUT2D eigenvalue weighted by atomic mass is 9.96. The van der Waals surface area contributed by atoms with Gasteiger partial charge in [0.25, 0.3) is 0 Å². The monoisotopic (exact) mass is 526 g/mol. The molecule has 0 amide bonds. The van der Waals surface area contributed by atoms with Crippen LogP contribution in [0.4, 0.5) is 5.69 Å². The Labute approximate surface area is 240 Å². The molecule has 2 aromatic heterocycles. The zero-order valence-electron chi connectivity index (χ0n) is 23.0. The number of aryl methyl sites for hydroxylation is 2. The summed E-state index contributed by atoms with van der Waals surface area (Å²) in [6.07, 6.45) is 2.10. The summed E-state index contributed by atoms with van der Waals surface area (Å²) in [5.41, 5.74) is 11.8. The number of fused-ring (bicyclic) bond motifs is 3. The Morgan fingerprint density at radius 1 is 0.585 bits per heavy atom. The van der Waals surface area contributed by atoms with Gasteiger partial charge in [-0.25, -0.2) is 9.41 Å². The van der Waals surface area contributed by atoms with Crippen molar-refractivity contribution in [2.24, 2.45) is 7.05 Å². The number of nitrogens with zero attached hydrogens (tertiary/aromatic N) is 3. The fourth-order valence-corrected chi connectivity index (χ4v) is 6.06. The molecule has 0 aliphatic rings. The molecule has 41 heavy (non-hydrogen) atoms. The number of hydrogen-bond donors (Lipinski definition) is 0. The van der Waals surface area contributed by atoms with Crippen LogP contribution in [0.1, 0.15) is 5.56 Å². The quantitative estimate of drug-likeness (QED) is 0.160. The maximum absolute atomic E-state index is 8.15. The molecule has 0 aliphatic heterocycles. The van der Waals surface area contributed by atoms with E-state index in [1.54, 1.807) is 0 Å². The maximum Gasteiger partial charge on any atom is 0.214 e. The summed E-state index contributed by atoms with van der Waals surface area (Å²) < 4.78 is 4.55. The summed E-state index contributed by atoms with van der Waals surface area (Å²) in [4.78, 5) is 4.03. The van der Waals surface area contributed by atoms with E-state index >= 15 is 0 Å². The number of hydrogen-bond acceptors (Lipinski definition) is 0. The van der Waals surface area contributed by atoms with E-state index in [1.165, 1.54) is 22.1 Å². The molecule has 7 rings (SSSR count). The standard InChI is InChI=1S/C38H28N3/c1-26-17-22-31-32-23-24-33(39-2)36(29-20-18-28(19-21-29)27-12-6-4-7-13-27)38(32)41(30-14-8-5-9-15-30)37(31)35(26)34-16-10-11-25-40(34)3/h4-25H,1,3H3/q+1. The summed E-state index contributed by atoms with van der Waals surface area (Å²) in [6.45, 7) is 10.3. The van der Waals surface area contributed by atoms with E-state index in [1.807, 2.05) is 12.1 Å². The average molecular weight is 527 g/mol. The van der Waals surface area contributed by atoms with Gasteiger partial charge in [0, 0.05) is 34.2 Å². The molecule has 0 spiro atoms. The van der Waals surface area contributed by atoms with E-state index in [-0.39, 0.29) is 0 Å². The summed E-state index contributed by atoms with van der Waals surface area (Å²) in [5, 5.41) is 2.31. The van der Waals surface area contributed by atoms with Gasteiger partial charge in [-0.15, -0.1) is 0 Å². The lowest BCUT2D eigenvalue weighted by Gasteiger charge is -2.15. The number of rotatable bonds is 4. The predicted octanol–water partition coefficient (Wildman–Crippen LogP) is 9.47. The van der Waals surface area contributed by atoms with Gasteiger partial charge in [0.1, 0.15) is 7.05 Å². The second-order valence-electron chi connectivity index (χ2n) is 10.4. The molecule has 0 fully saturated rings. The highest BCUT2D eigenvalue weighted by atomic mass is 15.0. The van der Waals surface area contributed by atoms with Crippen LogP contribution in [0.5, 0.6) is 0 Å². The molecule has 7 aromatic rings. The van der Waals surface area contributed by atoms with Crippen LogP contribution < -0.4 is 4.57 Å². The molecule has 0 N–H and O–H groups in total. The number of benzene rings is 5. The van der Waals surface area contributed by atoms with Gasteiger partial charge in [0.05, 0.1) is 23.2 Å². The molecular formula is C38H28N3+. The highest BCUT2D eigenvalue weighted by Gasteiger charge is 2.25. The van der Waals surface area contributed by atoms with E-state index in [9.17, 15) is 0 Å². The van der Waals surface area contributed by atoms with Gasteiger partial charge in [-0.1, -0.05) is 97.1 Å². The second-order valence-corrected chi connectivity index (χ2v) is 10.4. The third kappa shape index (κ3) is 4.01. The van der Waals surface area contributed by atoms with Crippen LogP contribution in [0.25, 0.3) is 65.8 Å². The van der Waals surface area contributed by atoms with E-state index in [0.29, 0.717) is 5.69 Å². The topological polar surface area (TPSA) is 13.2 Å². The SMILES string of the molecule is [C-]#[N+]c1ccc2c3ccc(C)c(-c4cccc[n+]4C)c3n(-c3ccccc3)c2c1-c1ccc(-c2ccccc2)cc1. The minimum atomic E-state index is 0.647. The zero-order chi connectivity index (χ0) is 27.9. The molecule has 5 aromatic carbocycles. The number of pyridine rings is 1. The molecule has 0 bridgehead atoms. The van der Waals surface area contributed by atoms with Crippen molar-refractivity contribution in [2.45, 2.75) is 6.92 Å². The largest absolute Gasteiger partial charge is 0.309 e. The van der Waals surface area contributed by atoms with Crippen LogP contribution in [0.3, 0.4) is 0 Å². The molecule has 0 unspecified atom stereocenters. The van der Waals surface area contributed by atoms with Crippen LogP contribution in [0.15, 0.2) is 134 Å². The molecule has 3 nitrogen and oxygen atoms in total. The van der Waals surface area contributed by atoms with Crippen molar-refractivity contribution in [3.63, 3.8) is 0 Å². The van der Waals surface area contributed by atoms with Crippen molar-refractivity contribution in [3.8, 4) is 39.2 Å². The molecule has 2 heterocycles. The summed E-state index contributed by atoms with van der Waals surface area (Å²) in [7, 11) is 2.10. The summed E-state index contributed by atoms with van der Waals surface area (Å²) >= 11 is 0. The van der Waals surface area contributed by atoms with Gasteiger partial charge in [-0.3, -0.25) is 0 Å². The summed E-state index contributed by atoms with van der Waals surface area (Å²) in [6, 6.07) is 44.5. The van der Waals surface area contributed by atoms with Crippen LogP contribution >= 0.6 is 0 Å². The Kier molecular flexibility index (Phi) is 5.95. The Balaban J connectivity index is 1.62. The van der Waals surface area contributed by atoms with Crippen molar-refractivity contribution in [3.05, 3.63) is 151 Å². The highest BCUT2D eigenvalue weighted by molar-refractivity contribution is 6.19. The van der Waals surface area contributed by atoms with Crippen molar-refractivity contribution in [2.75, 3.05) is 0 Å². The smallest absolute Gasteiger partial charge is 0.214 e. The molecule has 0 radical (unpaired) electrons. The van der Waals surface area contributed by atoms with Gasteiger partial charge in [-0.05, 0) is 47.4 Å². The number of aromatic nitrogens is 2. The minimum absolute atomic E-state index is 0.647. The molecule has 0 atom stereocenters. The van der Waals surface area contributed by atoms with Crippen LogP contribution in [0, 0.1) is 13.5 Å². The molecule has 0 saturated heterocycles. The molecule has 3 heteroatoms. The van der Waals surface area contributed by atoms with Gasteiger partial charge in [0.2, 0.25) is 5.69 Å². The number of para-hydroxylation sites is 1. The first kappa shape index (κ1) is 24.6.